The molecule has 1 rings (SSSR count). The molecule has 1 aliphatic rings. The molecule has 0 bridgehead atoms. The van der Waals surface area contributed by atoms with E-state index in [9.17, 15) is 28.8 Å². The fraction of sp³-hybridized carbons (Fsp3) is 0.727. The Morgan fingerprint density at radius 2 is 1.24 bits per heavy atom. The molecule has 18 N–H and O–H groups in total. The van der Waals surface area contributed by atoms with Crippen molar-refractivity contribution in [2.24, 2.45) is 28.7 Å². The summed E-state index contributed by atoms with van der Waals surface area (Å²) >= 11 is 0. The molecule has 0 amide bonds. The molecule has 0 spiro atoms. The zero-order chi connectivity index (χ0) is 33.3. The number of unbranched alkanes of at least 4 members (excludes halogenated alkanes) is 1. The lowest BCUT2D eigenvalue weighted by Crippen LogP contribution is -2.39. The van der Waals surface area contributed by atoms with Gasteiger partial charge in [0.25, 0.3) is 0 Å². The highest BCUT2D eigenvalue weighted by atomic mass is 16.4. The quantitative estimate of drug-likeness (QED) is 0.0959. The Bertz CT molecular complexity index is 765. The predicted octanol–water partition coefficient (Wildman–Crippen LogP) is -3.58. The van der Waals surface area contributed by atoms with Gasteiger partial charge in [0.1, 0.15) is 30.2 Å². The number of aliphatic carboxylic acids is 6. The van der Waals surface area contributed by atoms with Gasteiger partial charge in [-0.2, -0.15) is 0 Å². The van der Waals surface area contributed by atoms with Crippen molar-refractivity contribution in [2.45, 2.75) is 88.7 Å². The third kappa shape index (κ3) is 32.6. The Labute approximate surface area is 236 Å². The Hall–Kier alpha value is -3.46. The monoisotopic (exact) mass is 602 g/mol. The van der Waals surface area contributed by atoms with E-state index in [4.69, 9.17) is 64.4 Å². The topological polar surface area (TPSA) is 386 Å². The first kappa shape index (κ1) is 44.6. The molecule has 1 fully saturated rings. The second kappa shape index (κ2) is 26.7. The number of aliphatic hydroxyl groups is 1. The number of nitrogens with two attached hydrogens (primary N) is 5. The van der Waals surface area contributed by atoms with Gasteiger partial charge in [0.2, 0.25) is 0 Å². The number of nitrogens with one attached hydrogen (secondary N) is 1. The minimum Gasteiger partial charge on any atom is -0.481 e. The van der Waals surface area contributed by atoms with Crippen molar-refractivity contribution < 1.29 is 64.5 Å². The molecule has 5 unspecified atom stereocenters. The fourth-order valence-electron chi connectivity index (χ4n) is 2.01. The van der Waals surface area contributed by atoms with E-state index in [1.807, 2.05) is 0 Å². The van der Waals surface area contributed by atoms with Gasteiger partial charge in [-0.1, -0.05) is 6.42 Å². The largest absolute Gasteiger partial charge is 0.481 e. The van der Waals surface area contributed by atoms with Crippen LogP contribution in [0.2, 0.25) is 0 Å². The van der Waals surface area contributed by atoms with E-state index in [1.54, 1.807) is 0 Å². The highest BCUT2D eigenvalue weighted by molar-refractivity contribution is 5.80. The minimum absolute atomic E-state index is 0.269. The molecule has 1 heterocycles. The second-order valence-corrected chi connectivity index (χ2v) is 8.49. The number of rotatable bonds is 12. The number of hydrogen-bond acceptors (Lipinski definition) is 13. The number of carbonyl (C=O) groups is 6. The maximum Gasteiger partial charge on any atom is 0.323 e. The van der Waals surface area contributed by atoms with Crippen LogP contribution in [-0.2, 0) is 28.8 Å². The van der Waals surface area contributed by atoms with Gasteiger partial charge >= 0.3 is 35.8 Å². The molecule has 242 valence electrons. The standard InChI is InChI=1S/C6H14N2O2.C5H9NO2.C4H7NO4.C4H9NO3.C3H7NO2/c7-4-2-1-3-5(8)6(9)10;7-5(8)4-2-1-3-6-4;5-2(4(8)9)1-3(6)7;1-2(6)3(5)4(7)8;1-2(4)3(5)6/h5H,1-4,7-8H2,(H,9,10);4,6H,1-3H2,(H,7,8);2H,1,5H2,(H,6,7)(H,8,9);2-3,6H,5H2,1H3,(H,7,8);2H,4H2,1H3,(H,5,6)/t;4-;;;/m.0.../s1. The Balaban J connectivity index is -0.000000210. The van der Waals surface area contributed by atoms with Gasteiger partial charge in [0, 0.05) is 0 Å². The van der Waals surface area contributed by atoms with Gasteiger partial charge in [0.15, 0.2) is 0 Å². The van der Waals surface area contributed by atoms with Crippen LogP contribution in [-0.4, -0.2) is 121 Å². The lowest BCUT2D eigenvalue weighted by molar-refractivity contribution is -0.144. The smallest absolute Gasteiger partial charge is 0.323 e. The SMILES string of the molecule is CC(N)C(=O)O.CC(O)C(N)C(=O)O.NC(CC(=O)O)C(=O)O.NCCCCC(N)C(=O)O.O=C(O)[C@@H]1CCCN1. The van der Waals surface area contributed by atoms with Gasteiger partial charge < -0.3 is 69.7 Å². The maximum absolute atomic E-state index is 10.1. The van der Waals surface area contributed by atoms with Crippen LogP contribution in [0.3, 0.4) is 0 Å². The fourth-order valence-corrected chi connectivity index (χ4v) is 2.01. The van der Waals surface area contributed by atoms with Crippen molar-refractivity contribution in [3.63, 3.8) is 0 Å². The minimum atomic E-state index is -1.29. The summed E-state index contributed by atoms with van der Waals surface area (Å²) in [5.41, 5.74) is 25.0. The molecule has 1 aliphatic heterocycles. The third-order valence-electron chi connectivity index (χ3n) is 4.55. The van der Waals surface area contributed by atoms with Crippen molar-refractivity contribution >= 4 is 35.8 Å². The molecule has 0 aromatic heterocycles. The number of aliphatic hydroxyl groups excluding tert-OH is 1. The van der Waals surface area contributed by atoms with Gasteiger partial charge in [-0.15, -0.1) is 0 Å². The van der Waals surface area contributed by atoms with Crippen molar-refractivity contribution in [1.82, 2.24) is 5.32 Å². The van der Waals surface area contributed by atoms with Gasteiger partial charge in [-0.3, -0.25) is 28.8 Å². The van der Waals surface area contributed by atoms with Crippen LogP contribution in [0.1, 0.15) is 52.4 Å². The zero-order valence-electron chi connectivity index (χ0n) is 23.1. The van der Waals surface area contributed by atoms with Crippen LogP contribution in [0.5, 0.6) is 0 Å². The zero-order valence-corrected chi connectivity index (χ0v) is 23.1. The second-order valence-electron chi connectivity index (χ2n) is 8.49. The number of carboxylic acids is 6. The Morgan fingerprint density at radius 3 is 1.41 bits per heavy atom. The first-order chi connectivity index (χ1) is 18.7. The van der Waals surface area contributed by atoms with E-state index in [1.165, 1.54) is 13.8 Å². The maximum atomic E-state index is 10.1. The summed E-state index contributed by atoms with van der Waals surface area (Å²) in [5, 5.41) is 60.0. The first-order valence-electron chi connectivity index (χ1n) is 12.2. The first-order valence-corrected chi connectivity index (χ1v) is 12.2. The van der Waals surface area contributed by atoms with Crippen LogP contribution in [0.15, 0.2) is 0 Å². The summed E-state index contributed by atoms with van der Waals surface area (Å²) in [6, 6.07) is -4.16. The van der Waals surface area contributed by atoms with Gasteiger partial charge in [-0.05, 0) is 52.6 Å². The van der Waals surface area contributed by atoms with E-state index < -0.39 is 72.5 Å². The number of carboxylic acid groups (broad SMARTS) is 6. The molecule has 41 heavy (non-hydrogen) atoms. The molecule has 0 radical (unpaired) electrons. The molecular formula is C22H46N6O13. The van der Waals surface area contributed by atoms with Crippen molar-refractivity contribution in [3.8, 4) is 0 Å². The van der Waals surface area contributed by atoms with Crippen LogP contribution in [0, 0.1) is 0 Å². The molecule has 19 nitrogen and oxygen atoms in total. The summed E-state index contributed by atoms with van der Waals surface area (Å²) < 4.78 is 0. The van der Waals surface area contributed by atoms with Crippen LogP contribution in [0.25, 0.3) is 0 Å². The van der Waals surface area contributed by atoms with Crippen LogP contribution >= 0.6 is 0 Å². The lowest BCUT2D eigenvalue weighted by Gasteiger charge is -2.06. The molecule has 0 aromatic carbocycles. The van der Waals surface area contributed by atoms with E-state index in [0.717, 1.165) is 32.2 Å². The van der Waals surface area contributed by atoms with Gasteiger partial charge in [0.05, 0.1) is 12.5 Å². The summed E-state index contributed by atoms with van der Waals surface area (Å²) in [6.07, 6.45) is 2.44. The third-order valence-corrected chi connectivity index (χ3v) is 4.55. The average Bonchev–Trinajstić information content (AvgIpc) is 3.40. The van der Waals surface area contributed by atoms with Crippen LogP contribution in [0.4, 0.5) is 0 Å². The lowest BCUT2D eigenvalue weighted by atomic mass is 10.1. The highest BCUT2D eigenvalue weighted by Crippen LogP contribution is 2.03. The van der Waals surface area contributed by atoms with Crippen molar-refractivity contribution in [1.29, 1.82) is 0 Å². The van der Waals surface area contributed by atoms with Crippen LogP contribution < -0.4 is 34.0 Å². The summed E-state index contributed by atoms with van der Waals surface area (Å²) in [7, 11) is 0. The molecule has 0 saturated carbocycles. The molecule has 0 aliphatic carbocycles. The molecule has 19 heteroatoms. The molecule has 0 aromatic rings. The predicted molar refractivity (Wildman–Crippen MR) is 144 cm³/mol. The van der Waals surface area contributed by atoms with Crippen molar-refractivity contribution in [2.75, 3.05) is 13.1 Å². The molecular weight excluding hydrogens is 556 g/mol. The van der Waals surface area contributed by atoms with E-state index in [2.05, 4.69) is 5.32 Å². The Kier molecular flexibility index (Phi) is 29.1. The normalized spacial score (nSPS) is 16.8. The summed E-state index contributed by atoms with van der Waals surface area (Å²) in [6.45, 7) is 4.21. The molecule has 6 atom stereocenters. The Morgan fingerprint density at radius 1 is 0.780 bits per heavy atom. The average molecular weight is 603 g/mol. The number of hydrogen-bond donors (Lipinski definition) is 13. The summed E-state index contributed by atoms with van der Waals surface area (Å²) in [4.78, 5) is 59.3. The molecule has 1 saturated heterocycles. The van der Waals surface area contributed by atoms with Crippen molar-refractivity contribution in [3.05, 3.63) is 0 Å². The van der Waals surface area contributed by atoms with E-state index >= 15 is 0 Å². The summed E-state index contributed by atoms with van der Waals surface area (Å²) in [5.74, 6) is -6.29. The van der Waals surface area contributed by atoms with E-state index in [-0.39, 0.29) is 6.04 Å². The van der Waals surface area contributed by atoms with Gasteiger partial charge in [-0.25, -0.2) is 0 Å². The van der Waals surface area contributed by atoms with E-state index in [0.29, 0.717) is 13.0 Å². The highest BCUT2D eigenvalue weighted by Gasteiger charge is 2.20.